The van der Waals surface area contributed by atoms with E-state index < -0.39 is 5.54 Å². The normalized spacial score (nSPS) is 25.0. The Balaban J connectivity index is 2.57. The smallest absolute Gasteiger partial charge is 0.237 e. The number of nitrogens with two attached hydrogens (primary N) is 1. The van der Waals surface area contributed by atoms with Gasteiger partial charge in [-0.3, -0.25) is 4.79 Å². The lowest BCUT2D eigenvalue weighted by Gasteiger charge is -2.34. The van der Waals surface area contributed by atoms with Gasteiger partial charge in [-0.1, -0.05) is 12.8 Å². The number of primary amides is 1. The largest absolute Gasteiger partial charge is 0.368 e. The van der Waals surface area contributed by atoms with Crippen molar-refractivity contribution in [3.8, 4) is 0 Å². The van der Waals surface area contributed by atoms with E-state index in [1.54, 1.807) is 0 Å². The molecule has 0 aliphatic carbocycles. The van der Waals surface area contributed by atoms with Gasteiger partial charge in [-0.2, -0.15) is 0 Å². The van der Waals surface area contributed by atoms with Gasteiger partial charge in [0.15, 0.2) is 0 Å². The summed E-state index contributed by atoms with van der Waals surface area (Å²) in [6.45, 7) is 10.4. The maximum atomic E-state index is 11.7. The second-order valence-corrected chi connectivity index (χ2v) is 6.48. The molecule has 1 heterocycles. The van der Waals surface area contributed by atoms with Crippen molar-refractivity contribution in [2.45, 2.75) is 77.4 Å². The van der Waals surface area contributed by atoms with Crippen LogP contribution in [0.1, 0.15) is 59.8 Å². The van der Waals surface area contributed by atoms with E-state index in [2.05, 4.69) is 31.0 Å². The summed E-state index contributed by atoms with van der Waals surface area (Å²) in [5.41, 5.74) is 4.98. The van der Waals surface area contributed by atoms with Crippen LogP contribution >= 0.6 is 0 Å². The summed E-state index contributed by atoms with van der Waals surface area (Å²) >= 11 is 0. The van der Waals surface area contributed by atoms with E-state index in [1.807, 2.05) is 6.92 Å². The second kappa shape index (κ2) is 7.25. The first kappa shape index (κ1) is 16.4. The van der Waals surface area contributed by atoms with Crippen LogP contribution in [-0.4, -0.2) is 41.5 Å². The summed E-state index contributed by atoms with van der Waals surface area (Å²) in [5.74, 6) is -0.247. The van der Waals surface area contributed by atoms with Crippen LogP contribution in [0.5, 0.6) is 0 Å². The van der Waals surface area contributed by atoms with Gasteiger partial charge in [-0.05, 0) is 53.5 Å². The Kier molecular flexibility index (Phi) is 6.27. The zero-order chi connectivity index (χ0) is 14.5. The molecule has 1 aliphatic heterocycles. The Morgan fingerprint density at radius 1 is 1.42 bits per heavy atom. The Hall–Kier alpha value is -0.610. The fourth-order valence-electron chi connectivity index (χ4n) is 2.94. The molecule has 0 aromatic carbocycles. The van der Waals surface area contributed by atoms with Crippen molar-refractivity contribution >= 4 is 5.91 Å². The molecule has 0 aromatic rings. The first-order chi connectivity index (χ1) is 8.85. The lowest BCUT2D eigenvalue weighted by Crippen LogP contribution is -2.57. The summed E-state index contributed by atoms with van der Waals surface area (Å²) in [7, 11) is 0. The first-order valence-corrected chi connectivity index (χ1v) is 7.67. The van der Waals surface area contributed by atoms with Crippen molar-refractivity contribution in [3.63, 3.8) is 0 Å². The molecule has 1 fully saturated rings. The fourth-order valence-corrected chi connectivity index (χ4v) is 2.94. The van der Waals surface area contributed by atoms with E-state index in [0.29, 0.717) is 6.04 Å². The molecule has 1 aliphatic rings. The number of nitrogens with zero attached hydrogens (tertiary/aromatic N) is 1. The van der Waals surface area contributed by atoms with Crippen LogP contribution in [0.3, 0.4) is 0 Å². The van der Waals surface area contributed by atoms with Crippen molar-refractivity contribution in [1.29, 1.82) is 0 Å². The van der Waals surface area contributed by atoms with Gasteiger partial charge >= 0.3 is 0 Å². The maximum Gasteiger partial charge on any atom is 0.237 e. The third-order valence-electron chi connectivity index (χ3n) is 4.24. The molecule has 0 saturated carbocycles. The zero-order valence-corrected chi connectivity index (χ0v) is 13.0. The van der Waals surface area contributed by atoms with Gasteiger partial charge in [0.25, 0.3) is 0 Å². The summed E-state index contributed by atoms with van der Waals surface area (Å²) in [6, 6.07) is 0.887. The van der Waals surface area contributed by atoms with Gasteiger partial charge in [0.1, 0.15) is 0 Å². The lowest BCUT2D eigenvalue weighted by atomic mass is 9.95. The van der Waals surface area contributed by atoms with E-state index in [9.17, 15) is 4.79 Å². The number of rotatable bonds is 6. The Morgan fingerprint density at radius 2 is 2.11 bits per heavy atom. The molecule has 1 amide bonds. The number of carbonyl (C=O) groups is 1. The highest BCUT2D eigenvalue weighted by molar-refractivity contribution is 5.84. The Morgan fingerprint density at radius 3 is 2.68 bits per heavy atom. The molecule has 0 bridgehead atoms. The summed E-state index contributed by atoms with van der Waals surface area (Å²) in [4.78, 5) is 14.2. The van der Waals surface area contributed by atoms with E-state index in [0.717, 1.165) is 19.5 Å². The predicted molar refractivity (Wildman–Crippen MR) is 80.0 cm³/mol. The van der Waals surface area contributed by atoms with Crippen molar-refractivity contribution in [3.05, 3.63) is 0 Å². The van der Waals surface area contributed by atoms with Crippen LogP contribution in [0.4, 0.5) is 0 Å². The topological polar surface area (TPSA) is 58.4 Å². The van der Waals surface area contributed by atoms with Gasteiger partial charge in [0, 0.05) is 18.6 Å². The van der Waals surface area contributed by atoms with Crippen molar-refractivity contribution in [2.75, 3.05) is 13.1 Å². The van der Waals surface area contributed by atoms with Crippen LogP contribution in [0.15, 0.2) is 0 Å². The zero-order valence-electron chi connectivity index (χ0n) is 13.0. The Bertz CT molecular complexity index is 293. The van der Waals surface area contributed by atoms with Crippen molar-refractivity contribution < 1.29 is 4.79 Å². The number of nitrogens with one attached hydrogen (secondary N) is 1. The van der Waals surface area contributed by atoms with E-state index in [-0.39, 0.29) is 11.9 Å². The van der Waals surface area contributed by atoms with Gasteiger partial charge in [-0.15, -0.1) is 0 Å². The second-order valence-electron chi connectivity index (χ2n) is 6.48. The van der Waals surface area contributed by atoms with Crippen LogP contribution in [0, 0.1) is 0 Å². The number of hydrogen-bond donors (Lipinski definition) is 2. The predicted octanol–water partition coefficient (Wildman–Crippen LogP) is 1.88. The third kappa shape index (κ3) is 5.11. The average Bonchev–Trinajstić information content (AvgIpc) is 2.50. The lowest BCUT2D eigenvalue weighted by molar-refractivity contribution is -0.124. The molecule has 0 radical (unpaired) electrons. The maximum absolute atomic E-state index is 11.7. The minimum absolute atomic E-state index is 0.247. The highest BCUT2D eigenvalue weighted by Gasteiger charge is 2.32. The van der Waals surface area contributed by atoms with Crippen LogP contribution in [-0.2, 0) is 4.79 Å². The highest BCUT2D eigenvalue weighted by atomic mass is 16.1. The van der Waals surface area contributed by atoms with Crippen molar-refractivity contribution in [1.82, 2.24) is 10.2 Å². The van der Waals surface area contributed by atoms with Crippen LogP contribution < -0.4 is 11.1 Å². The molecule has 1 saturated heterocycles. The molecule has 2 unspecified atom stereocenters. The molecule has 4 nitrogen and oxygen atoms in total. The minimum Gasteiger partial charge on any atom is -0.368 e. The van der Waals surface area contributed by atoms with Gasteiger partial charge in [0.2, 0.25) is 5.91 Å². The number of carbonyl (C=O) groups excluding carboxylic acids is 1. The Labute approximate surface area is 118 Å². The van der Waals surface area contributed by atoms with E-state index in [1.165, 1.54) is 25.7 Å². The molecule has 0 spiro atoms. The van der Waals surface area contributed by atoms with Gasteiger partial charge in [-0.25, -0.2) is 0 Å². The SMILES string of the molecule is CC(C)NC(C)(CCN1CCCCCC1C)C(N)=O. The standard InChI is InChI=1S/C15H31N3O/c1-12(2)17-15(4,14(16)19)9-11-18-10-7-5-6-8-13(18)3/h12-13,17H,5-11H2,1-4H3,(H2,16,19). The molecule has 112 valence electrons. The first-order valence-electron chi connectivity index (χ1n) is 7.67. The number of likely N-dealkylation sites (tertiary alicyclic amines) is 1. The summed E-state index contributed by atoms with van der Waals surface area (Å²) < 4.78 is 0. The van der Waals surface area contributed by atoms with E-state index in [4.69, 9.17) is 5.73 Å². The molecular formula is C15H31N3O. The highest BCUT2D eigenvalue weighted by Crippen LogP contribution is 2.19. The number of hydrogen-bond acceptors (Lipinski definition) is 3. The molecule has 2 atom stereocenters. The van der Waals surface area contributed by atoms with Crippen molar-refractivity contribution in [2.24, 2.45) is 5.73 Å². The van der Waals surface area contributed by atoms with Gasteiger partial charge < -0.3 is 16.0 Å². The number of amides is 1. The fraction of sp³-hybridized carbons (Fsp3) is 0.933. The summed E-state index contributed by atoms with van der Waals surface area (Å²) in [6.07, 6.45) is 5.98. The molecule has 4 heteroatoms. The molecule has 1 rings (SSSR count). The molecule has 3 N–H and O–H groups in total. The minimum atomic E-state index is -0.597. The molecular weight excluding hydrogens is 238 g/mol. The quantitative estimate of drug-likeness (QED) is 0.774. The molecule has 19 heavy (non-hydrogen) atoms. The van der Waals surface area contributed by atoms with Crippen LogP contribution in [0.2, 0.25) is 0 Å². The third-order valence-corrected chi connectivity index (χ3v) is 4.24. The van der Waals surface area contributed by atoms with Crippen LogP contribution in [0.25, 0.3) is 0 Å². The van der Waals surface area contributed by atoms with Gasteiger partial charge in [0.05, 0.1) is 5.54 Å². The molecule has 0 aromatic heterocycles. The monoisotopic (exact) mass is 269 g/mol. The summed E-state index contributed by atoms with van der Waals surface area (Å²) in [5, 5.41) is 3.32. The average molecular weight is 269 g/mol. The van der Waals surface area contributed by atoms with E-state index >= 15 is 0 Å².